The van der Waals surface area contributed by atoms with E-state index in [1.54, 1.807) is 7.11 Å². The maximum absolute atomic E-state index is 6.25. The van der Waals surface area contributed by atoms with Crippen LogP contribution in [0.5, 0.6) is 5.75 Å². The molecule has 0 radical (unpaired) electrons. The topological polar surface area (TPSA) is 98.0 Å². The lowest BCUT2D eigenvalue weighted by molar-refractivity contribution is 0.415. The second-order valence-electron chi connectivity index (χ2n) is 5.59. The molecule has 7 nitrogen and oxygen atoms in total. The maximum Gasteiger partial charge on any atom is 0.189 e. The van der Waals surface area contributed by atoms with Gasteiger partial charge in [-0.2, -0.15) is 0 Å². The molecule has 27 heavy (non-hydrogen) atoms. The summed E-state index contributed by atoms with van der Waals surface area (Å²) in [5, 5.41) is 7.07. The van der Waals surface area contributed by atoms with Crippen LogP contribution in [0.25, 0.3) is 10.2 Å². The van der Waals surface area contributed by atoms with Gasteiger partial charge in [0.2, 0.25) is 0 Å². The molecule has 0 aliphatic rings. The van der Waals surface area contributed by atoms with Gasteiger partial charge < -0.3 is 21.1 Å². The van der Waals surface area contributed by atoms with Gasteiger partial charge in [0.1, 0.15) is 17.8 Å². The zero-order valence-corrected chi connectivity index (χ0v) is 16.6. The van der Waals surface area contributed by atoms with Crippen LogP contribution in [0.15, 0.2) is 53.3 Å². The van der Waals surface area contributed by atoms with E-state index in [-0.39, 0.29) is 0 Å². The number of benzene rings is 2. The molecule has 2 aromatic carbocycles. The third kappa shape index (κ3) is 3.79. The fourth-order valence-corrected chi connectivity index (χ4v) is 3.61. The van der Waals surface area contributed by atoms with Crippen molar-refractivity contribution in [3.63, 3.8) is 0 Å². The van der Waals surface area contributed by atoms with Gasteiger partial charge in [-0.3, -0.25) is 0 Å². The van der Waals surface area contributed by atoms with Gasteiger partial charge in [0.15, 0.2) is 16.8 Å². The second kappa shape index (κ2) is 7.37. The molecule has 0 aliphatic heterocycles. The highest BCUT2D eigenvalue weighted by Crippen LogP contribution is 2.33. The zero-order valence-electron chi connectivity index (χ0n) is 14.2. The summed E-state index contributed by atoms with van der Waals surface area (Å²) in [6.45, 7) is 0. The first-order valence-electron chi connectivity index (χ1n) is 7.97. The summed E-state index contributed by atoms with van der Waals surface area (Å²) in [5.74, 6) is 1.81. The quantitative estimate of drug-likeness (QED) is 0.403. The molecule has 0 aliphatic carbocycles. The highest BCUT2D eigenvalue weighted by Gasteiger charge is 2.11. The highest BCUT2D eigenvalue weighted by atomic mass is 79.9. The Morgan fingerprint density at radius 1 is 1.04 bits per heavy atom. The van der Waals surface area contributed by atoms with Crippen molar-refractivity contribution in [3.8, 4) is 5.75 Å². The molecule has 4 rings (SSSR count). The Kier molecular flexibility index (Phi) is 4.78. The molecular weight excluding hydrogens is 428 g/mol. The third-order valence-corrected chi connectivity index (χ3v) is 5.27. The standard InChI is InChI=1S/C18H15BrN6OS/c1-26-12-6-7-13-14(8-12)27-18(24-13)25-17-15(20)16(21-9-22-17)23-11-4-2-10(19)3-5-11/h2-9H,20H2,1H3,(H2,21,22,23,24,25). The number of nitrogens with two attached hydrogens (primary N) is 1. The fraction of sp³-hybridized carbons (Fsp3) is 0.0556. The number of methoxy groups -OCH3 is 1. The number of aromatic nitrogens is 3. The molecule has 0 saturated carbocycles. The summed E-state index contributed by atoms with van der Waals surface area (Å²) in [4.78, 5) is 13.0. The fourth-order valence-electron chi connectivity index (χ4n) is 2.45. The van der Waals surface area contributed by atoms with Crippen molar-refractivity contribution in [3.05, 3.63) is 53.3 Å². The summed E-state index contributed by atoms with van der Waals surface area (Å²) in [7, 11) is 1.64. The van der Waals surface area contributed by atoms with Crippen LogP contribution in [0.2, 0.25) is 0 Å². The van der Waals surface area contributed by atoms with Crippen molar-refractivity contribution in [2.45, 2.75) is 0 Å². The van der Waals surface area contributed by atoms with E-state index in [1.807, 2.05) is 42.5 Å². The minimum Gasteiger partial charge on any atom is -0.497 e. The lowest BCUT2D eigenvalue weighted by Gasteiger charge is -2.11. The van der Waals surface area contributed by atoms with Gasteiger partial charge in [0.05, 0.1) is 17.3 Å². The molecule has 0 saturated heterocycles. The molecule has 0 amide bonds. The Labute approximate surface area is 167 Å². The molecule has 0 unspecified atom stereocenters. The van der Waals surface area contributed by atoms with Crippen LogP contribution in [-0.4, -0.2) is 22.1 Å². The minimum atomic E-state index is 0.414. The van der Waals surface area contributed by atoms with Gasteiger partial charge in [0.25, 0.3) is 0 Å². The first kappa shape index (κ1) is 17.5. The SMILES string of the molecule is COc1ccc2nc(Nc3ncnc(Nc4ccc(Br)cc4)c3N)sc2c1. The van der Waals surface area contributed by atoms with Crippen molar-refractivity contribution < 1.29 is 4.74 Å². The van der Waals surface area contributed by atoms with E-state index in [9.17, 15) is 0 Å². The molecule has 2 aromatic heterocycles. The second-order valence-corrected chi connectivity index (χ2v) is 7.54. The van der Waals surface area contributed by atoms with Crippen LogP contribution in [0.4, 0.5) is 28.1 Å². The number of fused-ring (bicyclic) bond motifs is 1. The number of nitrogens with zero attached hydrogens (tertiary/aromatic N) is 3. The number of thiazole rings is 1. The van der Waals surface area contributed by atoms with E-state index < -0.39 is 0 Å². The number of halogens is 1. The number of ether oxygens (including phenoxy) is 1. The first-order valence-corrected chi connectivity index (χ1v) is 9.58. The Bertz CT molecular complexity index is 1100. The van der Waals surface area contributed by atoms with E-state index in [0.717, 1.165) is 26.1 Å². The van der Waals surface area contributed by atoms with Crippen LogP contribution in [0.1, 0.15) is 0 Å². The molecule has 4 N–H and O–H groups in total. The van der Waals surface area contributed by atoms with E-state index >= 15 is 0 Å². The summed E-state index contributed by atoms with van der Waals surface area (Å²) in [5.41, 5.74) is 8.42. The molecule has 4 aromatic rings. The van der Waals surface area contributed by atoms with Gasteiger partial charge in [-0.1, -0.05) is 27.3 Å². The smallest absolute Gasteiger partial charge is 0.189 e. The molecular formula is C18H15BrN6OS. The van der Waals surface area contributed by atoms with Crippen molar-refractivity contribution in [1.82, 2.24) is 15.0 Å². The molecule has 0 spiro atoms. The molecule has 0 atom stereocenters. The normalized spacial score (nSPS) is 10.7. The summed E-state index contributed by atoms with van der Waals surface area (Å²) >= 11 is 4.91. The van der Waals surface area contributed by atoms with E-state index in [1.165, 1.54) is 17.7 Å². The van der Waals surface area contributed by atoms with E-state index in [0.29, 0.717) is 22.5 Å². The van der Waals surface area contributed by atoms with Gasteiger partial charge in [-0.15, -0.1) is 0 Å². The molecule has 2 heterocycles. The largest absolute Gasteiger partial charge is 0.497 e. The third-order valence-electron chi connectivity index (χ3n) is 3.81. The Morgan fingerprint density at radius 2 is 1.78 bits per heavy atom. The minimum absolute atomic E-state index is 0.414. The van der Waals surface area contributed by atoms with Gasteiger partial charge in [-0.05, 0) is 42.5 Å². The Hall–Kier alpha value is -2.91. The van der Waals surface area contributed by atoms with Crippen LogP contribution >= 0.6 is 27.3 Å². The molecule has 9 heteroatoms. The molecule has 0 bridgehead atoms. The number of hydrogen-bond donors (Lipinski definition) is 3. The highest BCUT2D eigenvalue weighted by molar-refractivity contribution is 9.10. The predicted octanol–water partition coefficient (Wildman–Crippen LogP) is 4.93. The zero-order chi connectivity index (χ0) is 18.8. The Morgan fingerprint density at radius 3 is 2.52 bits per heavy atom. The van der Waals surface area contributed by atoms with E-state index in [4.69, 9.17) is 10.5 Å². The average Bonchev–Trinajstić information content (AvgIpc) is 3.08. The predicted molar refractivity (Wildman–Crippen MR) is 113 cm³/mol. The summed E-state index contributed by atoms with van der Waals surface area (Å²) in [6, 6.07) is 13.5. The first-order chi connectivity index (χ1) is 13.1. The van der Waals surface area contributed by atoms with Gasteiger partial charge in [-0.25, -0.2) is 15.0 Å². The molecule has 136 valence electrons. The summed E-state index contributed by atoms with van der Waals surface area (Å²) < 4.78 is 7.27. The van der Waals surface area contributed by atoms with E-state index in [2.05, 4.69) is 41.5 Å². The molecule has 0 fully saturated rings. The lowest BCUT2D eigenvalue weighted by Crippen LogP contribution is -2.05. The number of anilines is 5. The Balaban J connectivity index is 1.59. The number of nitrogens with one attached hydrogen (secondary N) is 2. The summed E-state index contributed by atoms with van der Waals surface area (Å²) in [6.07, 6.45) is 1.45. The van der Waals surface area contributed by atoms with Crippen LogP contribution in [0, 0.1) is 0 Å². The van der Waals surface area contributed by atoms with Crippen LogP contribution in [-0.2, 0) is 0 Å². The van der Waals surface area contributed by atoms with Crippen LogP contribution < -0.4 is 21.1 Å². The average molecular weight is 443 g/mol. The van der Waals surface area contributed by atoms with Crippen molar-refractivity contribution in [2.24, 2.45) is 0 Å². The number of hydrogen-bond acceptors (Lipinski definition) is 8. The monoisotopic (exact) mass is 442 g/mol. The van der Waals surface area contributed by atoms with Crippen molar-refractivity contribution in [2.75, 3.05) is 23.5 Å². The number of nitrogen functional groups attached to an aromatic ring is 1. The van der Waals surface area contributed by atoms with Gasteiger partial charge in [0, 0.05) is 10.2 Å². The number of rotatable bonds is 5. The van der Waals surface area contributed by atoms with Crippen molar-refractivity contribution in [1.29, 1.82) is 0 Å². The maximum atomic E-state index is 6.25. The lowest BCUT2D eigenvalue weighted by atomic mass is 10.3. The van der Waals surface area contributed by atoms with Crippen LogP contribution in [0.3, 0.4) is 0 Å². The van der Waals surface area contributed by atoms with Gasteiger partial charge >= 0.3 is 0 Å². The van der Waals surface area contributed by atoms with Crippen molar-refractivity contribution >= 4 is 65.6 Å².